The molecule has 0 aliphatic rings. The van der Waals surface area contributed by atoms with Crippen molar-refractivity contribution >= 4 is 11.4 Å². The highest BCUT2D eigenvalue weighted by Crippen LogP contribution is 2.34. The highest BCUT2D eigenvalue weighted by molar-refractivity contribution is 5.62. The molecule has 118 valence electrons. The van der Waals surface area contributed by atoms with Crippen molar-refractivity contribution in [1.29, 1.82) is 0 Å². The molecule has 1 aromatic rings. The molecule has 0 saturated heterocycles. The monoisotopic (exact) mass is 306 g/mol. The smallest absolute Gasteiger partial charge is 0.373 e. The van der Waals surface area contributed by atoms with E-state index in [1.807, 2.05) is 0 Å². The van der Waals surface area contributed by atoms with Gasteiger partial charge in [-0.3, -0.25) is 10.1 Å². The van der Waals surface area contributed by atoms with Crippen molar-refractivity contribution < 1.29 is 18.1 Å². The van der Waals surface area contributed by atoms with Gasteiger partial charge in [-0.2, -0.15) is 13.2 Å². The van der Waals surface area contributed by atoms with Gasteiger partial charge in [-0.1, -0.05) is 13.8 Å². The van der Waals surface area contributed by atoms with Crippen LogP contribution in [-0.4, -0.2) is 22.0 Å². The average Bonchev–Trinajstić information content (AvgIpc) is 2.43. The molecule has 3 N–H and O–H groups in total. The lowest BCUT2D eigenvalue weighted by molar-refractivity contribution is -0.384. The van der Waals surface area contributed by atoms with Gasteiger partial charge in [0.15, 0.2) is 0 Å². The summed E-state index contributed by atoms with van der Waals surface area (Å²) < 4.78 is 38.1. The number of nitrogens with one attached hydrogen (secondary N) is 1. The minimum atomic E-state index is -4.67. The van der Waals surface area contributed by atoms with Gasteiger partial charge >= 0.3 is 11.9 Å². The van der Waals surface area contributed by atoms with E-state index < -0.39 is 28.0 Å². The Morgan fingerprint density at radius 3 is 2.33 bits per heavy atom. The van der Waals surface area contributed by atoms with E-state index in [1.54, 1.807) is 13.8 Å². The van der Waals surface area contributed by atoms with Gasteiger partial charge in [0.05, 0.1) is 4.92 Å². The second-order valence-corrected chi connectivity index (χ2v) is 4.66. The van der Waals surface area contributed by atoms with E-state index in [-0.39, 0.29) is 12.2 Å². The number of alkyl halides is 3. The minimum absolute atomic E-state index is 0.140. The van der Waals surface area contributed by atoms with Gasteiger partial charge in [0.1, 0.15) is 17.6 Å². The van der Waals surface area contributed by atoms with Crippen molar-refractivity contribution in [1.82, 2.24) is 4.98 Å². The van der Waals surface area contributed by atoms with Gasteiger partial charge in [0.25, 0.3) is 0 Å². The van der Waals surface area contributed by atoms with Crippen LogP contribution in [0.3, 0.4) is 0 Å². The molecule has 0 fully saturated rings. The number of rotatable bonds is 6. The molecular formula is C12H17F3N4O2. The number of pyridine rings is 1. The van der Waals surface area contributed by atoms with Gasteiger partial charge in [-0.05, 0) is 18.9 Å². The predicted molar refractivity (Wildman–Crippen MR) is 71.9 cm³/mol. The number of anilines is 1. The molecule has 0 radical (unpaired) electrons. The Kier molecular flexibility index (Phi) is 5.10. The average molecular weight is 306 g/mol. The summed E-state index contributed by atoms with van der Waals surface area (Å²) in [7, 11) is 0. The molecule has 21 heavy (non-hydrogen) atoms. The third-order valence-electron chi connectivity index (χ3n) is 3.51. The lowest BCUT2D eigenvalue weighted by Gasteiger charge is -2.32. The molecule has 0 aliphatic heterocycles. The Hall–Kier alpha value is -1.90. The highest BCUT2D eigenvalue weighted by atomic mass is 19.4. The first-order chi connectivity index (χ1) is 9.69. The lowest BCUT2D eigenvalue weighted by atomic mass is 9.92. The molecular weight excluding hydrogens is 289 g/mol. The van der Waals surface area contributed by atoms with Crippen LogP contribution in [0, 0.1) is 10.1 Å². The first-order valence-electron chi connectivity index (χ1n) is 6.39. The first kappa shape index (κ1) is 17.2. The van der Waals surface area contributed by atoms with Crippen LogP contribution in [-0.2, 0) is 6.18 Å². The minimum Gasteiger partial charge on any atom is -0.373 e. The molecule has 0 unspecified atom stereocenters. The maximum absolute atomic E-state index is 12.7. The van der Waals surface area contributed by atoms with Crippen LogP contribution in [0.15, 0.2) is 12.3 Å². The largest absolute Gasteiger partial charge is 0.433 e. The van der Waals surface area contributed by atoms with Crippen LogP contribution in [0.2, 0.25) is 0 Å². The SMILES string of the molecule is CCC(CC)(CN)Nc1cc(C(F)(F)F)ncc1[N+](=O)[O-]. The molecule has 9 heteroatoms. The number of nitro groups is 1. The van der Waals surface area contributed by atoms with E-state index in [1.165, 1.54) is 0 Å². The van der Waals surface area contributed by atoms with Crippen molar-refractivity contribution in [2.24, 2.45) is 5.73 Å². The van der Waals surface area contributed by atoms with Gasteiger partial charge in [0.2, 0.25) is 0 Å². The summed E-state index contributed by atoms with van der Waals surface area (Å²) in [5.74, 6) is 0. The van der Waals surface area contributed by atoms with E-state index in [0.29, 0.717) is 25.1 Å². The molecule has 0 saturated carbocycles. The zero-order valence-electron chi connectivity index (χ0n) is 11.7. The molecule has 6 nitrogen and oxygen atoms in total. The molecule has 0 bridgehead atoms. The summed E-state index contributed by atoms with van der Waals surface area (Å²) in [6.07, 6.45) is -3.03. The van der Waals surface area contributed by atoms with E-state index >= 15 is 0 Å². The fraction of sp³-hybridized carbons (Fsp3) is 0.583. The molecule has 0 aliphatic carbocycles. The summed E-state index contributed by atoms with van der Waals surface area (Å²) in [5, 5.41) is 13.7. The zero-order chi connectivity index (χ0) is 16.3. The molecule has 1 heterocycles. The second-order valence-electron chi connectivity index (χ2n) is 4.66. The molecule has 0 atom stereocenters. The third kappa shape index (κ3) is 3.81. The molecule has 1 aromatic heterocycles. The fourth-order valence-corrected chi connectivity index (χ4v) is 1.90. The number of halogens is 3. The van der Waals surface area contributed by atoms with Crippen molar-refractivity contribution in [3.63, 3.8) is 0 Å². The Morgan fingerprint density at radius 2 is 1.95 bits per heavy atom. The van der Waals surface area contributed by atoms with E-state index in [0.717, 1.165) is 0 Å². The van der Waals surface area contributed by atoms with Crippen LogP contribution < -0.4 is 11.1 Å². The van der Waals surface area contributed by atoms with Crippen LogP contribution in [0.1, 0.15) is 32.4 Å². The number of nitrogens with zero attached hydrogens (tertiary/aromatic N) is 2. The second kappa shape index (κ2) is 6.25. The standard InChI is InChI=1S/C12H17F3N4O2/c1-3-11(4-2,7-16)18-8-5-10(12(13,14)15)17-6-9(8)19(20)21/h5-6H,3-4,7,16H2,1-2H3,(H,17,18). The Morgan fingerprint density at radius 1 is 1.38 bits per heavy atom. The van der Waals surface area contributed by atoms with Gasteiger partial charge in [0, 0.05) is 12.1 Å². The van der Waals surface area contributed by atoms with Crippen molar-refractivity contribution in [2.75, 3.05) is 11.9 Å². The maximum atomic E-state index is 12.7. The number of aromatic nitrogens is 1. The van der Waals surface area contributed by atoms with Crippen molar-refractivity contribution in [3.05, 3.63) is 28.1 Å². The normalized spacial score (nSPS) is 12.3. The van der Waals surface area contributed by atoms with Gasteiger partial charge in [-0.25, -0.2) is 4.98 Å². The van der Waals surface area contributed by atoms with Gasteiger partial charge in [-0.15, -0.1) is 0 Å². The Balaban J connectivity index is 3.33. The Labute approximate surface area is 119 Å². The van der Waals surface area contributed by atoms with Crippen molar-refractivity contribution in [2.45, 2.75) is 38.4 Å². The zero-order valence-corrected chi connectivity index (χ0v) is 11.7. The maximum Gasteiger partial charge on any atom is 0.433 e. The summed E-state index contributed by atoms with van der Waals surface area (Å²) >= 11 is 0. The molecule has 0 aromatic carbocycles. The summed E-state index contributed by atoms with van der Waals surface area (Å²) in [6.45, 7) is 3.75. The van der Waals surface area contributed by atoms with E-state index in [9.17, 15) is 23.3 Å². The summed E-state index contributed by atoms with van der Waals surface area (Å²) in [5.41, 5.74) is 3.03. The topological polar surface area (TPSA) is 94.1 Å². The predicted octanol–water partition coefficient (Wildman–Crippen LogP) is 2.94. The Bertz CT molecular complexity index is 507. The van der Waals surface area contributed by atoms with Crippen LogP contribution in [0.4, 0.5) is 24.5 Å². The van der Waals surface area contributed by atoms with E-state index in [2.05, 4.69) is 10.3 Å². The molecule has 0 spiro atoms. The third-order valence-corrected chi connectivity index (χ3v) is 3.51. The highest BCUT2D eigenvalue weighted by Gasteiger charge is 2.35. The number of nitrogens with two attached hydrogens (primary N) is 1. The number of hydrogen-bond donors (Lipinski definition) is 2. The summed E-state index contributed by atoms with van der Waals surface area (Å²) in [4.78, 5) is 13.3. The van der Waals surface area contributed by atoms with Crippen molar-refractivity contribution in [3.8, 4) is 0 Å². The van der Waals surface area contributed by atoms with Crippen LogP contribution >= 0.6 is 0 Å². The first-order valence-corrected chi connectivity index (χ1v) is 6.39. The molecule has 0 amide bonds. The van der Waals surface area contributed by atoms with E-state index in [4.69, 9.17) is 5.73 Å². The van der Waals surface area contributed by atoms with Crippen LogP contribution in [0.25, 0.3) is 0 Å². The quantitative estimate of drug-likeness (QED) is 0.622. The van der Waals surface area contributed by atoms with Gasteiger partial charge < -0.3 is 11.1 Å². The number of hydrogen-bond acceptors (Lipinski definition) is 5. The van der Waals surface area contributed by atoms with Crippen LogP contribution in [0.5, 0.6) is 0 Å². The summed E-state index contributed by atoms with van der Waals surface area (Å²) in [6, 6.07) is 0.647. The lowest BCUT2D eigenvalue weighted by Crippen LogP contribution is -2.44. The molecule has 1 rings (SSSR count). The fourth-order valence-electron chi connectivity index (χ4n) is 1.90.